The molecule has 0 saturated heterocycles. The lowest BCUT2D eigenvalue weighted by molar-refractivity contribution is 0.647. The molecule has 94 valence electrons. The molecule has 0 aliphatic rings. The molecule has 0 atom stereocenters. The average molecular weight is 241 g/mol. The Bertz CT molecular complexity index is 486. The van der Waals surface area contributed by atoms with Crippen molar-refractivity contribution in [3.8, 4) is 0 Å². The number of nitrogens with two attached hydrogens (primary N) is 1. The Hall–Kier alpha value is -1.90. The van der Waals surface area contributed by atoms with Gasteiger partial charge in [0.2, 0.25) is 0 Å². The van der Waals surface area contributed by atoms with Gasteiger partial charge in [0.05, 0.1) is 18.1 Å². The van der Waals surface area contributed by atoms with Crippen LogP contribution in [0.1, 0.15) is 30.8 Å². The monoisotopic (exact) mass is 241 g/mol. The summed E-state index contributed by atoms with van der Waals surface area (Å²) in [5, 5.41) is 0. The van der Waals surface area contributed by atoms with E-state index in [1.54, 1.807) is 12.4 Å². The van der Waals surface area contributed by atoms with Gasteiger partial charge in [-0.25, -0.2) is 9.97 Å². The third-order valence-corrected chi connectivity index (χ3v) is 2.75. The van der Waals surface area contributed by atoms with Crippen molar-refractivity contribution in [3.63, 3.8) is 0 Å². The molecule has 0 aliphatic heterocycles. The summed E-state index contributed by atoms with van der Waals surface area (Å²) in [7, 11) is 0. The van der Waals surface area contributed by atoms with E-state index in [2.05, 4.69) is 48.1 Å². The van der Waals surface area contributed by atoms with Crippen LogP contribution < -0.4 is 5.73 Å². The molecule has 0 saturated carbocycles. The molecule has 2 rings (SSSR count). The molecule has 3 heteroatoms. The van der Waals surface area contributed by atoms with Gasteiger partial charge in [-0.15, -0.1) is 0 Å². The average Bonchev–Trinajstić information content (AvgIpc) is 2.34. The van der Waals surface area contributed by atoms with E-state index in [9.17, 15) is 0 Å². The van der Waals surface area contributed by atoms with Crippen LogP contribution >= 0.6 is 0 Å². The van der Waals surface area contributed by atoms with E-state index in [-0.39, 0.29) is 0 Å². The first-order valence-corrected chi connectivity index (χ1v) is 6.27. The molecule has 1 aromatic carbocycles. The standard InChI is InChI=1S/C15H19N3/c1-11(2)7-12-3-5-13(6-4-12)8-15-17-9-14(16)10-18-15/h3-6,9-11H,7-8,16H2,1-2H3. The zero-order valence-corrected chi connectivity index (χ0v) is 10.9. The van der Waals surface area contributed by atoms with Crippen molar-refractivity contribution < 1.29 is 0 Å². The topological polar surface area (TPSA) is 51.8 Å². The number of hydrogen-bond donors (Lipinski definition) is 1. The molecular formula is C15H19N3. The Kier molecular flexibility index (Phi) is 3.92. The first-order chi connectivity index (χ1) is 8.63. The fraction of sp³-hybridized carbons (Fsp3) is 0.333. The zero-order valence-electron chi connectivity index (χ0n) is 10.9. The Balaban J connectivity index is 2.04. The highest BCUT2D eigenvalue weighted by Crippen LogP contribution is 2.12. The van der Waals surface area contributed by atoms with Gasteiger partial charge in [0.1, 0.15) is 5.82 Å². The van der Waals surface area contributed by atoms with Crippen LogP contribution in [-0.4, -0.2) is 9.97 Å². The fourth-order valence-electron chi connectivity index (χ4n) is 1.90. The van der Waals surface area contributed by atoms with Gasteiger partial charge < -0.3 is 5.73 Å². The Morgan fingerprint density at radius 3 is 2.11 bits per heavy atom. The Morgan fingerprint density at radius 2 is 1.56 bits per heavy atom. The van der Waals surface area contributed by atoms with Crippen LogP contribution in [0.3, 0.4) is 0 Å². The van der Waals surface area contributed by atoms with Crippen LogP contribution in [0.4, 0.5) is 5.69 Å². The number of rotatable bonds is 4. The maximum atomic E-state index is 5.56. The molecule has 0 radical (unpaired) electrons. The normalized spacial score (nSPS) is 10.8. The van der Waals surface area contributed by atoms with Crippen molar-refractivity contribution in [2.75, 3.05) is 5.73 Å². The quantitative estimate of drug-likeness (QED) is 0.895. The van der Waals surface area contributed by atoms with Crippen molar-refractivity contribution in [1.29, 1.82) is 0 Å². The van der Waals surface area contributed by atoms with Gasteiger partial charge in [0, 0.05) is 6.42 Å². The second kappa shape index (κ2) is 5.63. The van der Waals surface area contributed by atoms with Gasteiger partial charge >= 0.3 is 0 Å². The molecule has 3 nitrogen and oxygen atoms in total. The molecular weight excluding hydrogens is 222 g/mol. The molecule has 1 aromatic heterocycles. The molecule has 2 N–H and O–H groups in total. The van der Waals surface area contributed by atoms with Crippen LogP contribution in [-0.2, 0) is 12.8 Å². The summed E-state index contributed by atoms with van der Waals surface area (Å²) in [5.41, 5.74) is 8.77. The molecule has 0 unspecified atom stereocenters. The van der Waals surface area contributed by atoms with Crippen molar-refractivity contribution >= 4 is 5.69 Å². The summed E-state index contributed by atoms with van der Waals surface area (Å²) >= 11 is 0. The molecule has 1 heterocycles. The molecule has 2 aromatic rings. The third-order valence-electron chi connectivity index (χ3n) is 2.75. The van der Waals surface area contributed by atoms with E-state index < -0.39 is 0 Å². The van der Waals surface area contributed by atoms with Crippen LogP contribution in [0.2, 0.25) is 0 Å². The highest BCUT2D eigenvalue weighted by atomic mass is 14.9. The van der Waals surface area contributed by atoms with E-state index in [0.717, 1.165) is 18.7 Å². The predicted molar refractivity (Wildman–Crippen MR) is 74.2 cm³/mol. The number of benzene rings is 1. The summed E-state index contributed by atoms with van der Waals surface area (Å²) in [5.74, 6) is 1.50. The fourth-order valence-corrected chi connectivity index (χ4v) is 1.90. The highest BCUT2D eigenvalue weighted by Gasteiger charge is 2.01. The van der Waals surface area contributed by atoms with Crippen LogP contribution in [0.25, 0.3) is 0 Å². The van der Waals surface area contributed by atoms with Gasteiger partial charge in [-0.3, -0.25) is 0 Å². The van der Waals surface area contributed by atoms with Crippen LogP contribution in [0, 0.1) is 5.92 Å². The summed E-state index contributed by atoms with van der Waals surface area (Å²) in [4.78, 5) is 8.42. The minimum absolute atomic E-state index is 0.603. The lowest BCUT2D eigenvalue weighted by atomic mass is 10.0. The molecule has 0 amide bonds. The minimum atomic E-state index is 0.603. The van der Waals surface area contributed by atoms with Crippen molar-refractivity contribution in [2.24, 2.45) is 5.92 Å². The largest absolute Gasteiger partial charge is 0.396 e. The number of anilines is 1. The van der Waals surface area contributed by atoms with E-state index in [1.165, 1.54) is 11.1 Å². The molecule has 0 spiro atoms. The Labute approximate surface area is 108 Å². The maximum absolute atomic E-state index is 5.56. The lowest BCUT2D eigenvalue weighted by Gasteiger charge is -2.06. The van der Waals surface area contributed by atoms with E-state index in [1.807, 2.05) is 0 Å². The van der Waals surface area contributed by atoms with Crippen LogP contribution in [0.5, 0.6) is 0 Å². The smallest absolute Gasteiger partial charge is 0.132 e. The first-order valence-electron chi connectivity index (χ1n) is 6.27. The number of aromatic nitrogens is 2. The molecule has 0 bridgehead atoms. The van der Waals surface area contributed by atoms with E-state index >= 15 is 0 Å². The second-order valence-electron chi connectivity index (χ2n) is 5.02. The van der Waals surface area contributed by atoms with Crippen LogP contribution in [0.15, 0.2) is 36.7 Å². The molecule has 0 fully saturated rings. The summed E-state index contributed by atoms with van der Waals surface area (Å²) in [6, 6.07) is 8.67. The SMILES string of the molecule is CC(C)Cc1ccc(Cc2ncc(N)cn2)cc1. The maximum Gasteiger partial charge on any atom is 0.132 e. The lowest BCUT2D eigenvalue weighted by Crippen LogP contribution is -1.98. The van der Waals surface area contributed by atoms with E-state index in [4.69, 9.17) is 5.73 Å². The number of nitrogen functional groups attached to an aromatic ring is 1. The van der Waals surface area contributed by atoms with Gasteiger partial charge in [-0.2, -0.15) is 0 Å². The van der Waals surface area contributed by atoms with Gasteiger partial charge in [0.25, 0.3) is 0 Å². The van der Waals surface area contributed by atoms with E-state index in [0.29, 0.717) is 11.6 Å². The summed E-state index contributed by atoms with van der Waals surface area (Å²) in [6.45, 7) is 4.46. The number of hydrogen-bond acceptors (Lipinski definition) is 3. The first kappa shape index (κ1) is 12.6. The van der Waals surface area contributed by atoms with Gasteiger partial charge in [0.15, 0.2) is 0 Å². The van der Waals surface area contributed by atoms with Gasteiger partial charge in [-0.1, -0.05) is 38.1 Å². The van der Waals surface area contributed by atoms with Crippen molar-refractivity contribution in [2.45, 2.75) is 26.7 Å². The number of nitrogens with zero attached hydrogens (tertiary/aromatic N) is 2. The van der Waals surface area contributed by atoms with Gasteiger partial charge in [-0.05, 0) is 23.5 Å². The summed E-state index contributed by atoms with van der Waals surface area (Å²) < 4.78 is 0. The molecule has 18 heavy (non-hydrogen) atoms. The van der Waals surface area contributed by atoms with Crippen molar-refractivity contribution in [1.82, 2.24) is 9.97 Å². The predicted octanol–water partition coefficient (Wildman–Crippen LogP) is 2.85. The Morgan fingerprint density at radius 1 is 1.00 bits per heavy atom. The highest BCUT2D eigenvalue weighted by molar-refractivity contribution is 5.31. The minimum Gasteiger partial charge on any atom is -0.396 e. The second-order valence-corrected chi connectivity index (χ2v) is 5.02. The zero-order chi connectivity index (χ0) is 13.0. The summed E-state index contributed by atoms with van der Waals surface area (Å²) in [6.07, 6.45) is 5.17. The molecule has 0 aliphatic carbocycles. The van der Waals surface area contributed by atoms with Crippen molar-refractivity contribution in [3.05, 3.63) is 53.6 Å². The third kappa shape index (κ3) is 3.55.